The van der Waals surface area contributed by atoms with Crippen LogP contribution in [0.4, 0.5) is 4.39 Å². The van der Waals surface area contributed by atoms with Crippen molar-refractivity contribution >= 4 is 5.97 Å². The second-order valence-electron chi connectivity index (χ2n) is 4.43. The minimum absolute atomic E-state index is 0.274. The van der Waals surface area contributed by atoms with Gasteiger partial charge < -0.3 is 9.84 Å². The molecule has 3 nitrogen and oxygen atoms in total. The van der Waals surface area contributed by atoms with E-state index in [1.54, 1.807) is 0 Å². The van der Waals surface area contributed by atoms with Crippen molar-refractivity contribution in [1.29, 1.82) is 0 Å². The Hall–Kier alpha value is -1.58. The van der Waals surface area contributed by atoms with Crippen LogP contribution in [0.5, 0.6) is 5.75 Å². The highest BCUT2D eigenvalue weighted by molar-refractivity contribution is 5.75. The van der Waals surface area contributed by atoms with Gasteiger partial charge in [-0.3, -0.25) is 4.79 Å². The summed E-state index contributed by atoms with van der Waals surface area (Å²) in [5.74, 6) is -0.694. The quantitative estimate of drug-likeness (QED) is 0.847. The van der Waals surface area contributed by atoms with Gasteiger partial charge in [-0.15, -0.1) is 0 Å². The number of hydrogen-bond donors (Lipinski definition) is 1. The molecule has 0 aliphatic heterocycles. The van der Waals surface area contributed by atoms with Crippen molar-refractivity contribution in [2.75, 3.05) is 7.11 Å². The number of benzene rings is 1. The second kappa shape index (κ2) is 5.85. The zero-order valence-corrected chi connectivity index (χ0v) is 11.0. The van der Waals surface area contributed by atoms with Crippen molar-refractivity contribution in [3.63, 3.8) is 0 Å². The van der Waals surface area contributed by atoms with Crippen LogP contribution in [0.1, 0.15) is 32.3 Å². The first-order chi connectivity index (χ1) is 8.49. The molecular weight excluding hydrogens is 235 g/mol. The van der Waals surface area contributed by atoms with Crippen molar-refractivity contribution in [2.45, 2.75) is 33.1 Å². The lowest BCUT2D eigenvalue weighted by Crippen LogP contribution is -2.32. The summed E-state index contributed by atoms with van der Waals surface area (Å²) in [6.07, 6.45) is 1.27. The van der Waals surface area contributed by atoms with Crippen molar-refractivity contribution in [1.82, 2.24) is 0 Å². The Morgan fingerprint density at radius 2 is 2.00 bits per heavy atom. The number of methoxy groups -OCH3 is 1. The smallest absolute Gasteiger partial charge is 0.309 e. The minimum atomic E-state index is -0.860. The molecule has 0 aliphatic carbocycles. The Morgan fingerprint density at radius 1 is 1.39 bits per heavy atom. The third-order valence-electron chi connectivity index (χ3n) is 3.58. The summed E-state index contributed by atoms with van der Waals surface area (Å²) in [4.78, 5) is 11.4. The monoisotopic (exact) mass is 254 g/mol. The van der Waals surface area contributed by atoms with E-state index in [1.807, 2.05) is 13.8 Å². The minimum Gasteiger partial charge on any atom is -0.496 e. The van der Waals surface area contributed by atoms with Crippen LogP contribution in [0, 0.1) is 11.2 Å². The van der Waals surface area contributed by atoms with Crippen LogP contribution in [0.25, 0.3) is 0 Å². The van der Waals surface area contributed by atoms with Gasteiger partial charge in [-0.1, -0.05) is 13.8 Å². The Morgan fingerprint density at radius 3 is 2.44 bits per heavy atom. The summed E-state index contributed by atoms with van der Waals surface area (Å²) in [5.41, 5.74) is -0.259. The molecule has 4 heteroatoms. The predicted molar refractivity (Wildman–Crippen MR) is 67.3 cm³/mol. The summed E-state index contributed by atoms with van der Waals surface area (Å²) < 4.78 is 18.4. The maximum atomic E-state index is 13.3. The van der Waals surface area contributed by atoms with Crippen molar-refractivity contribution in [3.05, 3.63) is 29.6 Å². The molecule has 100 valence electrons. The molecule has 0 bridgehead atoms. The van der Waals surface area contributed by atoms with E-state index in [9.17, 15) is 14.3 Å². The van der Waals surface area contributed by atoms with Crippen molar-refractivity contribution in [3.8, 4) is 5.75 Å². The number of carbonyl (C=O) groups is 1. The topological polar surface area (TPSA) is 46.5 Å². The van der Waals surface area contributed by atoms with Gasteiger partial charge in [-0.2, -0.15) is 0 Å². The number of hydrogen-bond acceptors (Lipinski definition) is 2. The van der Waals surface area contributed by atoms with Crippen molar-refractivity contribution < 1.29 is 19.0 Å². The number of aliphatic carboxylic acids is 1. The molecule has 1 aromatic rings. The maximum absolute atomic E-state index is 13.3. The fourth-order valence-electron chi connectivity index (χ4n) is 2.13. The van der Waals surface area contributed by atoms with Gasteiger partial charge in [0.2, 0.25) is 0 Å². The van der Waals surface area contributed by atoms with E-state index < -0.39 is 11.4 Å². The Kier molecular flexibility index (Phi) is 4.70. The lowest BCUT2D eigenvalue weighted by atomic mass is 9.77. The van der Waals surface area contributed by atoms with Crippen LogP contribution < -0.4 is 4.74 Å². The third kappa shape index (κ3) is 2.81. The first kappa shape index (κ1) is 14.5. The fraction of sp³-hybridized carbons (Fsp3) is 0.500. The molecule has 0 saturated heterocycles. The highest BCUT2D eigenvalue weighted by Gasteiger charge is 2.35. The molecule has 0 unspecified atom stereocenters. The fourth-order valence-corrected chi connectivity index (χ4v) is 2.13. The third-order valence-corrected chi connectivity index (χ3v) is 3.58. The Labute approximate surface area is 107 Å². The molecule has 0 fully saturated rings. The highest BCUT2D eigenvalue weighted by Crippen LogP contribution is 2.34. The summed E-state index contributed by atoms with van der Waals surface area (Å²) in [7, 11) is 1.50. The van der Waals surface area contributed by atoms with E-state index >= 15 is 0 Å². The van der Waals surface area contributed by atoms with E-state index in [0.29, 0.717) is 24.2 Å². The van der Waals surface area contributed by atoms with Gasteiger partial charge in [0.05, 0.1) is 12.5 Å². The predicted octanol–water partition coefficient (Wildman–Crippen LogP) is 3.27. The first-order valence-corrected chi connectivity index (χ1v) is 6.05. The van der Waals surface area contributed by atoms with E-state index in [1.165, 1.54) is 25.3 Å². The van der Waals surface area contributed by atoms with E-state index in [-0.39, 0.29) is 12.2 Å². The molecule has 0 aromatic heterocycles. The zero-order chi connectivity index (χ0) is 13.8. The molecule has 0 atom stereocenters. The molecule has 1 rings (SSSR count). The Bertz CT molecular complexity index is 425. The largest absolute Gasteiger partial charge is 0.496 e. The van der Waals surface area contributed by atoms with Gasteiger partial charge in [0, 0.05) is 0 Å². The Balaban J connectivity index is 3.15. The molecule has 0 radical (unpaired) electrons. The molecular formula is C14H19FO3. The molecule has 0 spiro atoms. The van der Waals surface area contributed by atoms with Crippen LogP contribution in [-0.4, -0.2) is 18.2 Å². The van der Waals surface area contributed by atoms with E-state index in [4.69, 9.17) is 4.74 Å². The molecule has 0 saturated carbocycles. The summed E-state index contributed by atoms with van der Waals surface area (Å²) in [6.45, 7) is 3.67. The van der Waals surface area contributed by atoms with Gasteiger partial charge in [0.15, 0.2) is 0 Å². The van der Waals surface area contributed by atoms with Crippen LogP contribution in [-0.2, 0) is 11.2 Å². The second-order valence-corrected chi connectivity index (χ2v) is 4.43. The SMILES string of the molecule is CCC(CC)(Cc1cc(F)ccc1OC)C(=O)O. The average molecular weight is 254 g/mol. The van der Waals surface area contributed by atoms with Gasteiger partial charge in [0.25, 0.3) is 0 Å². The lowest BCUT2D eigenvalue weighted by Gasteiger charge is -2.27. The van der Waals surface area contributed by atoms with Crippen LogP contribution >= 0.6 is 0 Å². The number of ether oxygens (including phenoxy) is 1. The number of carboxylic acid groups (broad SMARTS) is 1. The summed E-state index contributed by atoms with van der Waals surface area (Å²) in [6, 6.07) is 4.19. The number of halogens is 1. The molecule has 0 aliphatic rings. The zero-order valence-electron chi connectivity index (χ0n) is 11.0. The summed E-state index contributed by atoms with van der Waals surface area (Å²) in [5, 5.41) is 9.38. The standard InChI is InChI=1S/C14H19FO3/c1-4-14(5-2,13(16)17)9-10-8-11(15)6-7-12(10)18-3/h6-8H,4-5,9H2,1-3H3,(H,16,17). The average Bonchev–Trinajstić information content (AvgIpc) is 2.36. The van der Waals surface area contributed by atoms with Gasteiger partial charge >= 0.3 is 5.97 Å². The lowest BCUT2D eigenvalue weighted by molar-refractivity contribution is -0.149. The van der Waals surface area contributed by atoms with Gasteiger partial charge in [-0.05, 0) is 43.0 Å². The van der Waals surface area contributed by atoms with Crippen LogP contribution in [0.2, 0.25) is 0 Å². The van der Waals surface area contributed by atoms with E-state index in [2.05, 4.69) is 0 Å². The van der Waals surface area contributed by atoms with Crippen molar-refractivity contribution in [2.24, 2.45) is 5.41 Å². The summed E-state index contributed by atoms with van der Waals surface area (Å²) >= 11 is 0. The number of rotatable bonds is 6. The molecule has 1 N–H and O–H groups in total. The molecule has 0 amide bonds. The molecule has 1 aromatic carbocycles. The normalized spacial score (nSPS) is 11.3. The highest BCUT2D eigenvalue weighted by atomic mass is 19.1. The van der Waals surface area contributed by atoms with Crippen LogP contribution in [0.15, 0.2) is 18.2 Å². The molecule has 18 heavy (non-hydrogen) atoms. The van der Waals surface area contributed by atoms with Gasteiger partial charge in [0.1, 0.15) is 11.6 Å². The van der Waals surface area contributed by atoms with E-state index in [0.717, 1.165) is 0 Å². The molecule has 0 heterocycles. The first-order valence-electron chi connectivity index (χ1n) is 6.05. The maximum Gasteiger partial charge on any atom is 0.309 e. The van der Waals surface area contributed by atoms with Gasteiger partial charge in [-0.25, -0.2) is 4.39 Å². The van der Waals surface area contributed by atoms with Crippen LogP contribution in [0.3, 0.4) is 0 Å². The number of carboxylic acids is 1.